The first-order valence-corrected chi connectivity index (χ1v) is 11.9. The zero-order chi connectivity index (χ0) is 18.3. The molecule has 0 N–H and O–H groups in total. The lowest BCUT2D eigenvalue weighted by Gasteiger charge is -2.15. The van der Waals surface area contributed by atoms with Gasteiger partial charge in [-0.3, -0.25) is 4.79 Å². The van der Waals surface area contributed by atoms with Crippen LogP contribution >= 0.6 is 0 Å². The van der Waals surface area contributed by atoms with Gasteiger partial charge in [0.25, 0.3) is 0 Å². The molecule has 0 radical (unpaired) electrons. The number of nitrogens with zero attached hydrogens (tertiary/aromatic N) is 2. The lowest BCUT2D eigenvalue weighted by molar-refractivity contribution is 0.0465. The number of carbonyl (C=O) groups is 2. The second-order valence-electron chi connectivity index (χ2n) is 6.98. The molecule has 1 heterocycles. The Morgan fingerprint density at radius 1 is 1.24 bits per heavy atom. The van der Waals surface area contributed by atoms with Crippen LogP contribution in [-0.4, -0.2) is 36.5 Å². The monoisotopic (exact) mass is 360 g/mol. The molecule has 0 aliphatic carbocycles. The summed E-state index contributed by atoms with van der Waals surface area (Å²) < 4.78 is 12.4. The zero-order valence-electron chi connectivity index (χ0n) is 14.9. The van der Waals surface area contributed by atoms with E-state index in [9.17, 15) is 9.59 Å². The van der Waals surface area contributed by atoms with Crippen molar-refractivity contribution >= 4 is 20.3 Å². The number of benzene rings is 1. The maximum absolute atomic E-state index is 12.1. The van der Waals surface area contributed by atoms with Crippen LogP contribution in [0.15, 0.2) is 36.5 Å². The second kappa shape index (κ2) is 8.73. The number of imidazole rings is 1. The van der Waals surface area contributed by atoms with Crippen LogP contribution < -0.4 is 0 Å². The summed E-state index contributed by atoms with van der Waals surface area (Å²) in [5, 5.41) is 0. The van der Waals surface area contributed by atoms with E-state index >= 15 is 0 Å². The van der Waals surface area contributed by atoms with Gasteiger partial charge in [0.1, 0.15) is 13.3 Å². The van der Waals surface area contributed by atoms with Crippen molar-refractivity contribution in [1.29, 1.82) is 0 Å². The standard InChI is InChI=1S/C18H24N2O4Si/c1-25(2,3)10-9-23-14-20-11-16(19-17(20)12-21)18(22)24-13-15-7-5-4-6-8-15/h4-8,11-12H,9-10,13-14H2,1-3H3. The Labute approximate surface area is 148 Å². The minimum Gasteiger partial charge on any atom is -0.456 e. The highest BCUT2D eigenvalue weighted by atomic mass is 28.3. The number of aromatic nitrogens is 2. The van der Waals surface area contributed by atoms with Gasteiger partial charge in [-0.05, 0) is 11.6 Å². The molecule has 7 heteroatoms. The van der Waals surface area contributed by atoms with Crippen molar-refractivity contribution in [1.82, 2.24) is 9.55 Å². The summed E-state index contributed by atoms with van der Waals surface area (Å²) in [5.74, 6) is -0.410. The Kier molecular flexibility index (Phi) is 6.66. The van der Waals surface area contributed by atoms with Crippen molar-refractivity contribution in [2.45, 2.75) is 39.0 Å². The largest absolute Gasteiger partial charge is 0.456 e. The van der Waals surface area contributed by atoms with E-state index in [0.29, 0.717) is 12.9 Å². The zero-order valence-corrected chi connectivity index (χ0v) is 15.9. The van der Waals surface area contributed by atoms with Gasteiger partial charge >= 0.3 is 5.97 Å². The van der Waals surface area contributed by atoms with Crippen LogP contribution in [0.4, 0.5) is 0 Å². The molecule has 2 rings (SSSR count). The van der Waals surface area contributed by atoms with Crippen molar-refractivity contribution in [2.24, 2.45) is 0 Å². The van der Waals surface area contributed by atoms with Crippen molar-refractivity contribution in [3.63, 3.8) is 0 Å². The van der Waals surface area contributed by atoms with Crippen LogP contribution in [0.25, 0.3) is 0 Å². The number of carbonyl (C=O) groups excluding carboxylic acids is 2. The molecular weight excluding hydrogens is 336 g/mol. The summed E-state index contributed by atoms with van der Waals surface area (Å²) in [7, 11) is -1.17. The summed E-state index contributed by atoms with van der Waals surface area (Å²) in [6, 6.07) is 10.4. The number of ether oxygens (including phenoxy) is 2. The van der Waals surface area contributed by atoms with Crippen LogP contribution in [0, 0.1) is 0 Å². The molecule has 0 aliphatic rings. The molecule has 0 fully saturated rings. The highest BCUT2D eigenvalue weighted by Crippen LogP contribution is 2.10. The highest BCUT2D eigenvalue weighted by molar-refractivity contribution is 6.76. The molecule has 0 saturated carbocycles. The lowest BCUT2D eigenvalue weighted by atomic mass is 10.2. The van der Waals surface area contributed by atoms with E-state index in [-0.39, 0.29) is 24.9 Å². The Bertz CT molecular complexity index is 708. The molecule has 134 valence electrons. The maximum Gasteiger partial charge on any atom is 0.358 e. The minimum atomic E-state index is -1.17. The fourth-order valence-electron chi connectivity index (χ4n) is 2.06. The van der Waals surface area contributed by atoms with E-state index in [0.717, 1.165) is 11.6 Å². The van der Waals surface area contributed by atoms with Gasteiger partial charge in [-0.15, -0.1) is 0 Å². The average molecular weight is 360 g/mol. The number of aldehydes is 1. The van der Waals surface area contributed by atoms with E-state index in [2.05, 4.69) is 24.6 Å². The van der Waals surface area contributed by atoms with Gasteiger partial charge in [0.05, 0.1) is 0 Å². The first kappa shape index (κ1) is 19.1. The van der Waals surface area contributed by atoms with Gasteiger partial charge in [0.15, 0.2) is 17.8 Å². The van der Waals surface area contributed by atoms with Gasteiger partial charge in [-0.25, -0.2) is 9.78 Å². The fraction of sp³-hybridized carbons (Fsp3) is 0.389. The molecule has 25 heavy (non-hydrogen) atoms. The summed E-state index contributed by atoms with van der Waals surface area (Å²) in [4.78, 5) is 27.3. The van der Waals surface area contributed by atoms with E-state index in [1.54, 1.807) is 0 Å². The van der Waals surface area contributed by atoms with E-state index in [1.807, 2.05) is 30.3 Å². The van der Waals surface area contributed by atoms with Crippen molar-refractivity contribution < 1.29 is 19.1 Å². The Morgan fingerprint density at radius 3 is 2.60 bits per heavy atom. The summed E-state index contributed by atoms with van der Waals surface area (Å²) in [5.41, 5.74) is 0.993. The predicted octanol–water partition coefficient (Wildman–Crippen LogP) is 3.36. The number of rotatable bonds is 9. The highest BCUT2D eigenvalue weighted by Gasteiger charge is 2.16. The number of hydrogen-bond acceptors (Lipinski definition) is 5. The lowest BCUT2D eigenvalue weighted by Crippen LogP contribution is -2.22. The Hall–Kier alpha value is -2.25. The normalized spacial score (nSPS) is 11.3. The summed E-state index contributed by atoms with van der Waals surface area (Å²) >= 11 is 0. The number of esters is 1. The molecule has 0 aliphatic heterocycles. The quantitative estimate of drug-likeness (QED) is 0.297. The third-order valence-corrected chi connectivity index (χ3v) is 5.27. The first-order valence-electron chi connectivity index (χ1n) is 8.20. The molecule has 0 unspecified atom stereocenters. The minimum absolute atomic E-state index is 0.104. The van der Waals surface area contributed by atoms with Crippen LogP contribution in [0.5, 0.6) is 0 Å². The Balaban J connectivity index is 1.92. The smallest absolute Gasteiger partial charge is 0.358 e. The van der Waals surface area contributed by atoms with Crippen LogP contribution in [-0.2, 0) is 22.8 Å². The molecule has 0 amide bonds. The van der Waals surface area contributed by atoms with Gasteiger partial charge in [-0.2, -0.15) is 0 Å². The van der Waals surface area contributed by atoms with Gasteiger partial charge < -0.3 is 14.0 Å². The molecule has 1 aromatic carbocycles. The number of hydrogen-bond donors (Lipinski definition) is 0. The van der Waals surface area contributed by atoms with E-state index in [1.165, 1.54) is 10.8 Å². The predicted molar refractivity (Wildman–Crippen MR) is 97.3 cm³/mol. The van der Waals surface area contributed by atoms with E-state index < -0.39 is 14.0 Å². The molecule has 6 nitrogen and oxygen atoms in total. The van der Waals surface area contributed by atoms with Gasteiger partial charge in [0.2, 0.25) is 0 Å². The fourth-order valence-corrected chi connectivity index (χ4v) is 2.82. The van der Waals surface area contributed by atoms with Gasteiger partial charge in [0, 0.05) is 20.9 Å². The third-order valence-electron chi connectivity index (χ3n) is 3.56. The van der Waals surface area contributed by atoms with Crippen LogP contribution in [0.2, 0.25) is 25.7 Å². The summed E-state index contributed by atoms with van der Waals surface area (Å²) in [6.45, 7) is 7.79. The average Bonchev–Trinajstić information content (AvgIpc) is 3.00. The van der Waals surface area contributed by atoms with Crippen molar-refractivity contribution in [2.75, 3.05) is 6.61 Å². The molecule has 0 saturated heterocycles. The molecule has 1 aromatic heterocycles. The topological polar surface area (TPSA) is 70.4 Å². The second-order valence-corrected chi connectivity index (χ2v) is 12.6. The van der Waals surface area contributed by atoms with Gasteiger partial charge in [-0.1, -0.05) is 50.0 Å². The summed E-state index contributed by atoms with van der Waals surface area (Å²) in [6.07, 6.45) is 2.10. The molecule has 0 atom stereocenters. The van der Waals surface area contributed by atoms with Crippen LogP contribution in [0.1, 0.15) is 26.7 Å². The maximum atomic E-state index is 12.1. The van der Waals surface area contributed by atoms with Crippen LogP contribution in [0.3, 0.4) is 0 Å². The van der Waals surface area contributed by atoms with Crippen molar-refractivity contribution in [3.05, 3.63) is 53.6 Å². The Morgan fingerprint density at radius 2 is 1.96 bits per heavy atom. The third kappa shape index (κ3) is 6.28. The van der Waals surface area contributed by atoms with E-state index in [4.69, 9.17) is 9.47 Å². The SMILES string of the molecule is C[Si](C)(C)CCOCn1cc(C(=O)OCc2ccccc2)nc1C=O. The molecule has 0 spiro atoms. The molecular formula is C18H24N2O4Si. The molecule has 2 aromatic rings. The first-order chi connectivity index (χ1) is 11.9. The molecule has 0 bridgehead atoms. The van der Waals surface area contributed by atoms with Crippen molar-refractivity contribution in [3.8, 4) is 0 Å².